The van der Waals surface area contributed by atoms with Crippen LogP contribution in [0.1, 0.15) is 70.7 Å². The summed E-state index contributed by atoms with van der Waals surface area (Å²) in [5, 5.41) is 27.9. The van der Waals surface area contributed by atoms with Gasteiger partial charge in [-0.25, -0.2) is 34.5 Å². The summed E-state index contributed by atoms with van der Waals surface area (Å²) in [6.07, 6.45) is 2.39. The Bertz CT molecular complexity index is 1480. The van der Waals surface area contributed by atoms with Crippen molar-refractivity contribution in [1.82, 2.24) is 34.4 Å². The maximum absolute atomic E-state index is 13.5. The van der Waals surface area contributed by atoms with Gasteiger partial charge in [0.1, 0.15) is 0 Å². The van der Waals surface area contributed by atoms with Gasteiger partial charge in [-0.1, -0.05) is 0 Å². The van der Waals surface area contributed by atoms with E-state index in [0.29, 0.717) is 36.2 Å². The summed E-state index contributed by atoms with van der Waals surface area (Å²) < 4.78 is 7.71. The van der Waals surface area contributed by atoms with Crippen LogP contribution in [0, 0.1) is 12.8 Å². The molecule has 4 heterocycles. The highest BCUT2D eigenvalue weighted by Crippen LogP contribution is 2.34. The molecule has 3 aromatic heterocycles. The molecule has 1 saturated carbocycles. The highest BCUT2D eigenvalue weighted by atomic mass is 16.6. The van der Waals surface area contributed by atoms with Crippen molar-refractivity contribution in [2.24, 2.45) is 5.92 Å². The molecule has 16 heteroatoms. The molecule has 246 valence electrons. The number of carboxylic acid groups (broad SMARTS) is 4. The molecule has 1 saturated heterocycles. The van der Waals surface area contributed by atoms with Gasteiger partial charge in [0, 0.05) is 36.9 Å². The number of nitrogens with zero attached hydrogens (tertiary/aromatic N) is 8. The molecular formula is C29H42N8O8. The Kier molecular flexibility index (Phi) is 10.9. The van der Waals surface area contributed by atoms with Gasteiger partial charge in [-0.3, -0.25) is 4.79 Å². The second-order valence-corrected chi connectivity index (χ2v) is 12.7. The summed E-state index contributed by atoms with van der Waals surface area (Å²) in [6.45, 7) is 17.8. The van der Waals surface area contributed by atoms with Gasteiger partial charge in [-0.2, -0.15) is 0 Å². The zero-order chi connectivity index (χ0) is 33.7. The van der Waals surface area contributed by atoms with Crippen molar-refractivity contribution in [3.8, 4) is 11.4 Å². The Labute approximate surface area is 260 Å². The zero-order valence-corrected chi connectivity index (χ0v) is 26.7. The van der Waals surface area contributed by atoms with Crippen molar-refractivity contribution in [3.05, 3.63) is 24.0 Å². The molecule has 2 fully saturated rings. The van der Waals surface area contributed by atoms with Gasteiger partial charge in [0.2, 0.25) is 5.82 Å². The van der Waals surface area contributed by atoms with Crippen LogP contribution in [-0.4, -0.2) is 110 Å². The third-order valence-corrected chi connectivity index (χ3v) is 6.86. The summed E-state index contributed by atoms with van der Waals surface area (Å²) >= 11 is 0. The fraction of sp³-hybridized carbons (Fsp3) is 0.586. The molecule has 3 aromatic rings. The Morgan fingerprint density at radius 1 is 0.911 bits per heavy atom. The van der Waals surface area contributed by atoms with Gasteiger partial charge < -0.3 is 39.5 Å². The molecule has 5 rings (SSSR count). The summed E-state index contributed by atoms with van der Waals surface area (Å²) in [5.74, 6) is 2.03. The van der Waals surface area contributed by atoms with E-state index in [1.165, 1.54) is 12.8 Å². The lowest BCUT2D eigenvalue weighted by atomic mass is 9.95. The molecule has 1 aliphatic carbocycles. The molecule has 45 heavy (non-hydrogen) atoms. The van der Waals surface area contributed by atoms with Crippen molar-refractivity contribution >= 4 is 35.2 Å². The first kappa shape index (κ1) is 34.9. The van der Waals surface area contributed by atoms with Crippen LogP contribution in [0.15, 0.2) is 12.5 Å². The number of carbonyl (C=O) groups is 3. The smallest absolute Gasteiger partial charge is 0.450 e. The topological polar surface area (TPSA) is 217 Å². The van der Waals surface area contributed by atoms with Gasteiger partial charge in [0.05, 0.1) is 30.8 Å². The first-order valence-electron chi connectivity index (χ1n) is 14.5. The molecule has 0 bridgehead atoms. The Morgan fingerprint density at radius 2 is 1.47 bits per heavy atom. The van der Waals surface area contributed by atoms with E-state index in [1.54, 1.807) is 6.20 Å². The van der Waals surface area contributed by atoms with Crippen molar-refractivity contribution in [3.63, 3.8) is 0 Å². The second kappa shape index (κ2) is 14.0. The summed E-state index contributed by atoms with van der Waals surface area (Å²) in [5.41, 5.74) is 2.25. The van der Waals surface area contributed by atoms with Crippen LogP contribution < -0.4 is 4.90 Å². The normalized spacial score (nSPS) is 15.0. The van der Waals surface area contributed by atoms with Gasteiger partial charge in [0.25, 0.3) is 5.91 Å². The maximum atomic E-state index is 13.5. The highest BCUT2D eigenvalue weighted by Gasteiger charge is 2.37. The number of hydrogen-bond donors (Lipinski definition) is 4. The quantitative estimate of drug-likeness (QED) is 0.309. The predicted molar refractivity (Wildman–Crippen MR) is 164 cm³/mol. The molecule has 0 spiro atoms. The van der Waals surface area contributed by atoms with Crippen molar-refractivity contribution in [2.75, 3.05) is 31.2 Å². The third-order valence-electron chi connectivity index (χ3n) is 6.86. The van der Waals surface area contributed by atoms with Crippen LogP contribution in [0.25, 0.3) is 22.6 Å². The van der Waals surface area contributed by atoms with E-state index in [-0.39, 0.29) is 22.8 Å². The number of hydrogen-bond acceptors (Lipinski definition) is 10. The van der Waals surface area contributed by atoms with Crippen molar-refractivity contribution in [2.45, 2.75) is 78.9 Å². The number of aryl methyl sites for hydroxylation is 1. The third kappa shape index (κ3) is 9.44. The number of carbonyl (C=O) groups excluding carboxylic acids is 1. The first-order chi connectivity index (χ1) is 20.9. The molecular weight excluding hydrogens is 588 g/mol. The van der Waals surface area contributed by atoms with E-state index in [1.807, 2.05) is 59.7 Å². The number of aromatic nitrogens is 6. The predicted octanol–water partition coefficient (Wildman–Crippen LogP) is 4.32. The van der Waals surface area contributed by atoms with E-state index < -0.39 is 12.3 Å². The van der Waals surface area contributed by atoms with Gasteiger partial charge in [-0.05, 0) is 67.2 Å². The van der Waals surface area contributed by atoms with E-state index in [2.05, 4.69) is 19.4 Å². The lowest BCUT2D eigenvalue weighted by molar-refractivity contribution is 0.0258. The SMILES string of the molecule is Cc1nc(C(=O)N(C(C)(C)C)C(C)(C)C)ncc1-c1nc(N2CCOCC2)c2ncn(CC3CC3)c2n1.O=C(O)O.O=C(O)O. The van der Waals surface area contributed by atoms with Crippen molar-refractivity contribution < 1.29 is 39.5 Å². The van der Waals surface area contributed by atoms with E-state index in [4.69, 9.17) is 49.7 Å². The standard InChI is InChI=1S/C27H38N8O2.2CH2O3/c1-17-19(14-28-22(30-17)25(36)35(26(2,3)4)27(5,6)7)21-31-23(33-10-12-37-13-11-33)20-24(32-21)34(16-29-20)15-18-8-9-18;2*2-1(3)4/h14,16,18H,8-13,15H2,1-7H3;2*(H2,2,3,4). The van der Waals surface area contributed by atoms with Crippen LogP contribution in [-0.2, 0) is 11.3 Å². The van der Waals surface area contributed by atoms with E-state index in [9.17, 15) is 4.79 Å². The van der Waals surface area contributed by atoms with Crippen LogP contribution in [0.2, 0.25) is 0 Å². The minimum Gasteiger partial charge on any atom is -0.450 e. The van der Waals surface area contributed by atoms with Gasteiger partial charge >= 0.3 is 12.3 Å². The monoisotopic (exact) mass is 630 g/mol. The molecule has 4 N–H and O–H groups in total. The van der Waals surface area contributed by atoms with Crippen LogP contribution >= 0.6 is 0 Å². The molecule has 2 aliphatic rings. The number of amides is 1. The summed E-state index contributed by atoms with van der Waals surface area (Å²) in [4.78, 5) is 58.5. The number of rotatable bonds is 5. The minimum absolute atomic E-state index is 0.180. The maximum Gasteiger partial charge on any atom is 0.503 e. The number of anilines is 1. The number of imidazole rings is 1. The Balaban J connectivity index is 0.000000619. The largest absolute Gasteiger partial charge is 0.503 e. The summed E-state index contributed by atoms with van der Waals surface area (Å²) in [7, 11) is 0. The first-order valence-corrected chi connectivity index (χ1v) is 14.5. The molecule has 1 aliphatic heterocycles. The number of fused-ring (bicyclic) bond motifs is 1. The molecule has 0 unspecified atom stereocenters. The zero-order valence-electron chi connectivity index (χ0n) is 26.7. The lowest BCUT2D eigenvalue weighted by Crippen LogP contribution is -2.56. The molecule has 0 atom stereocenters. The average molecular weight is 631 g/mol. The average Bonchev–Trinajstić information content (AvgIpc) is 3.64. The summed E-state index contributed by atoms with van der Waals surface area (Å²) in [6, 6.07) is 0. The fourth-order valence-corrected chi connectivity index (χ4v) is 5.26. The molecule has 0 aromatic carbocycles. The van der Waals surface area contributed by atoms with Gasteiger partial charge in [0.15, 0.2) is 22.8 Å². The van der Waals surface area contributed by atoms with Crippen molar-refractivity contribution in [1.29, 1.82) is 0 Å². The Morgan fingerprint density at radius 3 is 1.96 bits per heavy atom. The second-order valence-electron chi connectivity index (χ2n) is 12.7. The van der Waals surface area contributed by atoms with Gasteiger partial charge in [-0.15, -0.1) is 0 Å². The molecule has 1 amide bonds. The van der Waals surface area contributed by atoms with Crippen LogP contribution in [0.4, 0.5) is 15.4 Å². The van der Waals surface area contributed by atoms with Crippen LogP contribution in [0.5, 0.6) is 0 Å². The molecule has 0 radical (unpaired) electrons. The molecule has 16 nitrogen and oxygen atoms in total. The number of morpholine rings is 1. The van der Waals surface area contributed by atoms with E-state index >= 15 is 0 Å². The fourth-order valence-electron chi connectivity index (χ4n) is 5.26. The number of ether oxygens (including phenoxy) is 1. The van der Waals surface area contributed by atoms with E-state index in [0.717, 1.165) is 36.6 Å². The van der Waals surface area contributed by atoms with Crippen LogP contribution in [0.3, 0.4) is 0 Å². The lowest BCUT2D eigenvalue weighted by Gasteiger charge is -2.45. The highest BCUT2D eigenvalue weighted by molar-refractivity contribution is 5.92. The minimum atomic E-state index is -1.83. The Hall–Kier alpha value is -4.60.